The number of ether oxygens (including phenoxy) is 9. The number of hydrogen-bond donors (Lipinski definition) is 1. The molecule has 5 aromatic carbocycles. The third kappa shape index (κ3) is 33.6. The fraction of sp³-hybridized carbons (Fsp3) is 0.634. The van der Waals surface area contributed by atoms with E-state index in [1.54, 1.807) is 43.3 Å². The van der Waals surface area contributed by atoms with Gasteiger partial charge in [0, 0.05) is 19.3 Å². The molecule has 3 fully saturated rings. The molecule has 10 atom stereocenters. The standard InChI is InChI=1S/C93H136O12/c1-6-10-12-14-15-18-23-29-35-61-99-84-55-47-77(48-56-84)78-49-57-85(58-50-78)100-63-37-31-25-20-17-22-28-34-40-91-102-87(70-89(104-91)71-88-69-82(8-3)101-90(103-88)39-33-26-13-11-7-2)68-81(94)67-74-65-72(5)64-73(66-74)38-32-27-21-16-19-24-30-36-62-98-83-53-45-76(46-54-83)75-41-43-80(44-42-75)93(96)105-86-59-51-79(52-60-86)92(95)97-9-4/h6,41-60,72-74,81-82,87-91,94H,1,7-40,61-71H2,2-5H3. The molecule has 1 aliphatic carbocycles. The lowest BCUT2D eigenvalue weighted by Crippen LogP contribution is -2.44. The first-order valence-corrected chi connectivity index (χ1v) is 42.2. The fourth-order valence-corrected chi connectivity index (χ4v) is 16.0. The van der Waals surface area contributed by atoms with Crippen molar-refractivity contribution in [2.24, 2.45) is 17.8 Å². The minimum Gasteiger partial charge on any atom is -0.494 e. The lowest BCUT2D eigenvalue weighted by molar-refractivity contribution is -0.276. The Morgan fingerprint density at radius 1 is 0.419 bits per heavy atom. The van der Waals surface area contributed by atoms with Crippen molar-refractivity contribution < 1.29 is 57.3 Å². The van der Waals surface area contributed by atoms with Crippen LogP contribution in [0.2, 0.25) is 0 Å². The maximum absolute atomic E-state index is 12.8. The van der Waals surface area contributed by atoms with E-state index in [0.29, 0.717) is 48.3 Å². The first kappa shape index (κ1) is 84.6. The third-order valence-electron chi connectivity index (χ3n) is 21.9. The van der Waals surface area contributed by atoms with Crippen LogP contribution in [0.3, 0.4) is 0 Å². The second-order valence-corrected chi connectivity index (χ2v) is 31.0. The number of allylic oxidation sites excluding steroid dienone is 1. The SMILES string of the molecule is C=CCCCCCCCCCOc1ccc(-c2ccc(OCCCCCCCCCCC3OC(CC(O)CC4CC(C)CC(CCCCCCCCCCOc5ccc(-c6ccc(C(=O)Oc7ccc(C(=O)OCC)cc7)cc6)cc5)C4)CC(CC4CC(CC)OC(CCCCCCC)O4)O3)cc2)cc1. The van der Waals surface area contributed by atoms with Crippen LogP contribution in [0.5, 0.6) is 23.0 Å². The predicted octanol–water partition coefficient (Wildman–Crippen LogP) is 24.9. The molecule has 12 nitrogen and oxygen atoms in total. The molecule has 0 amide bonds. The molecule has 0 aromatic heterocycles. The van der Waals surface area contributed by atoms with Gasteiger partial charge in [0.25, 0.3) is 0 Å². The van der Waals surface area contributed by atoms with Gasteiger partial charge in [0.15, 0.2) is 12.6 Å². The minimum atomic E-state index is -0.466. The molecule has 2 aliphatic heterocycles. The van der Waals surface area contributed by atoms with Crippen molar-refractivity contribution in [2.45, 2.75) is 334 Å². The number of unbranched alkanes of at least 4 members (excludes halogenated alkanes) is 25. The highest BCUT2D eigenvalue weighted by Gasteiger charge is 2.37. The Hall–Kier alpha value is -6.02. The molecule has 12 heteroatoms. The van der Waals surface area contributed by atoms with Crippen molar-refractivity contribution in [3.8, 4) is 45.3 Å². The molecule has 2 saturated heterocycles. The molecule has 3 aliphatic rings. The summed E-state index contributed by atoms with van der Waals surface area (Å²) in [4.78, 5) is 24.8. The molecule has 5 aromatic rings. The second-order valence-electron chi connectivity index (χ2n) is 31.0. The smallest absolute Gasteiger partial charge is 0.343 e. The summed E-state index contributed by atoms with van der Waals surface area (Å²) >= 11 is 0. The lowest BCUT2D eigenvalue weighted by atomic mass is 9.72. The number of hydrogen-bond acceptors (Lipinski definition) is 12. The number of esters is 2. The van der Waals surface area contributed by atoms with Crippen molar-refractivity contribution in [2.75, 3.05) is 26.4 Å². The maximum atomic E-state index is 12.8. The van der Waals surface area contributed by atoms with Crippen LogP contribution in [0.1, 0.15) is 312 Å². The van der Waals surface area contributed by atoms with Crippen molar-refractivity contribution in [1.82, 2.24) is 0 Å². The fourth-order valence-electron chi connectivity index (χ4n) is 16.0. The Balaban J connectivity index is 0.667. The lowest BCUT2D eigenvalue weighted by Gasteiger charge is -2.41. The number of carbonyl (C=O) groups is 2. The van der Waals surface area contributed by atoms with Crippen molar-refractivity contribution in [3.05, 3.63) is 145 Å². The largest absolute Gasteiger partial charge is 0.494 e. The molecule has 0 radical (unpaired) electrons. The molecule has 1 N–H and O–H groups in total. The molecule has 580 valence electrons. The topological polar surface area (TPSA) is 137 Å². The Morgan fingerprint density at radius 3 is 1.27 bits per heavy atom. The molecular weight excluding hydrogens is 1310 g/mol. The van der Waals surface area contributed by atoms with Crippen LogP contribution in [-0.4, -0.2) is 86.6 Å². The van der Waals surface area contributed by atoms with E-state index >= 15 is 0 Å². The first-order chi connectivity index (χ1) is 51.5. The summed E-state index contributed by atoms with van der Waals surface area (Å²) in [5.74, 6) is 4.26. The second kappa shape index (κ2) is 50.6. The van der Waals surface area contributed by atoms with E-state index < -0.39 is 11.9 Å². The molecule has 10 unspecified atom stereocenters. The van der Waals surface area contributed by atoms with Gasteiger partial charge in [-0.2, -0.15) is 0 Å². The van der Waals surface area contributed by atoms with Gasteiger partial charge in [-0.25, -0.2) is 9.59 Å². The molecular formula is C93H136O12. The highest BCUT2D eigenvalue weighted by molar-refractivity contribution is 5.92. The monoisotopic (exact) mass is 1450 g/mol. The molecule has 8 rings (SSSR count). The van der Waals surface area contributed by atoms with E-state index in [-0.39, 0.29) is 43.1 Å². The van der Waals surface area contributed by atoms with Crippen molar-refractivity contribution >= 4 is 11.9 Å². The van der Waals surface area contributed by atoms with E-state index in [9.17, 15) is 14.7 Å². The summed E-state index contributed by atoms with van der Waals surface area (Å²) in [7, 11) is 0. The zero-order valence-corrected chi connectivity index (χ0v) is 65.4. The van der Waals surface area contributed by atoms with Gasteiger partial charge in [-0.1, -0.05) is 223 Å². The number of aliphatic hydroxyl groups is 1. The van der Waals surface area contributed by atoms with Crippen LogP contribution in [-0.2, 0) is 23.7 Å². The zero-order valence-electron chi connectivity index (χ0n) is 65.4. The van der Waals surface area contributed by atoms with Gasteiger partial charge in [-0.3, -0.25) is 0 Å². The van der Waals surface area contributed by atoms with Crippen molar-refractivity contribution in [3.63, 3.8) is 0 Å². The van der Waals surface area contributed by atoms with E-state index in [2.05, 4.69) is 75.9 Å². The maximum Gasteiger partial charge on any atom is 0.343 e. The Kier molecular flexibility index (Phi) is 40.8. The summed E-state index contributed by atoms with van der Waals surface area (Å²) in [6, 6.07) is 38.8. The van der Waals surface area contributed by atoms with E-state index in [4.69, 9.17) is 42.6 Å². The first-order valence-electron chi connectivity index (χ1n) is 42.2. The van der Waals surface area contributed by atoms with Crippen LogP contribution in [0.25, 0.3) is 22.3 Å². The number of aliphatic hydroxyl groups excluding tert-OH is 1. The van der Waals surface area contributed by atoms with Crippen LogP contribution < -0.4 is 18.9 Å². The summed E-state index contributed by atoms with van der Waals surface area (Å²) in [5, 5.41) is 11.9. The summed E-state index contributed by atoms with van der Waals surface area (Å²) in [6.07, 6.45) is 49.5. The zero-order chi connectivity index (χ0) is 73.7. The van der Waals surface area contributed by atoms with Crippen LogP contribution in [0.15, 0.2) is 134 Å². The van der Waals surface area contributed by atoms with E-state index in [1.165, 1.54) is 184 Å². The van der Waals surface area contributed by atoms with Crippen LogP contribution in [0, 0.1) is 17.8 Å². The normalized spacial score (nSPS) is 20.6. The average Bonchev–Trinajstić information content (AvgIpc) is 0.852. The highest BCUT2D eigenvalue weighted by Crippen LogP contribution is 2.40. The molecule has 2 heterocycles. The Labute approximate surface area is 634 Å². The molecule has 1 saturated carbocycles. The van der Waals surface area contributed by atoms with Gasteiger partial charge in [-0.15, -0.1) is 6.58 Å². The van der Waals surface area contributed by atoms with Gasteiger partial charge in [0.1, 0.15) is 23.0 Å². The van der Waals surface area contributed by atoms with Gasteiger partial charge in [0.05, 0.1) is 68.1 Å². The van der Waals surface area contributed by atoms with Gasteiger partial charge in [-0.05, 0) is 216 Å². The van der Waals surface area contributed by atoms with E-state index in [1.807, 2.05) is 42.5 Å². The molecule has 0 bridgehead atoms. The Morgan fingerprint density at radius 2 is 0.800 bits per heavy atom. The predicted molar refractivity (Wildman–Crippen MR) is 428 cm³/mol. The number of carbonyl (C=O) groups excluding carboxylic acids is 2. The number of benzene rings is 5. The Bertz CT molecular complexity index is 3080. The summed E-state index contributed by atoms with van der Waals surface area (Å²) < 4.78 is 55.8. The van der Waals surface area contributed by atoms with Crippen LogP contribution >= 0.6 is 0 Å². The van der Waals surface area contributed by atoms with Gasteiger partial charge >= 0.3 is 11.9 Å². The number of rotatable bonds is 54. The van der Waals surface area contributed by atoms with E-state index in [0.717, 1.165) is 131 Å². The minimum absolute atomic E-state index is 0.0137. The highest BCUT2D eigenvalue weighted by atomic mass is 16.7. The molecule has 0 spiro atoms. The summed E-state index contributed by atoms with van der Waals surface area (Å²) in [5.41, 5.74) is 5.26. The molecule has 105 heavy (non-hydrogen) atoms. The quantitative estimate of drug-likeness (QED) is 0.0172. The van der Waals surface area contributed by atoms with Crippen LogP contribution in [0.4, 0.5) is 0 Å². The average molecular weight is 1450 g/mol. The van der Waals surface area contributed by atoms with Crippen molar-refractivity contribution in [1.29, 1.82) is 0 Å². The van der Waals surface area contributed by atoms with Gasteiger partial charge < -0.3 is 47.7 Å². The third-order valence-corrected chi connectivity index (χ3v) is 21.9. The van der Waals surface area contributed by atoms with Gasteiger partial charge in [0.2, 0.25) is 0 Å². The summed E-state index contributed by atoms with van der Waals surface area (Å²) in [6.45, 7) is 15.1.